The molecule has 1 atom stereocenters. The van der Waals surface area contributed by atoms with E-state index in [-0.39, 0.29) is 24.3 Å². The highest BCUT2D eigenvalue weighted by Crippen LogP contribution is 2.37. The Kier molecular flexibility index (Phi) is 6.36. The molecule has 1 aromatic carbocycles. The first-order valence-electron chi connectivity index (χ1n) is 12.6. The number of aromatic nitrogens is 5. The molecule has 1 unspecified atom stereocenters. The second-order valence-corrected chi connectivity index (χ2v) is 9.98. The predicted octanol–water partition coefficient (Wildman–Crippen LogP) is 3.93. The summed E-state index contributed by atoms with van der Waals surface area (Å²) in [5, 5.41) is 19.5. The number of aliphatic hydroxyl groups is 1. The third-order valence-corrected chi connectivity index (χ3v) is 6.79. The van der Waals surface area contributed by atoms with Crippen molar-refractivity contribution in [2.75, 3.05) is 18.5 Å². The van der Waals surface area contributed by atoms with Crippen molar-refractivity contribution < 1.29 is 27.9 Å². The van der Waals surface area contributed by atoms with Gasteiger partial charge >= 0.3 is 6.18 Å². The number of aliphatic hydroxyl groups excluding tert-OH is 1. The molecular formula is C26H26F3N7O3. The largest absolute Gasteiger partial charge is 0.406 e. The fourth-order valence-electron chi connectivity index (χ4n) is 4.73. The molecule has 0 radical (unpaired) electrons. The molecule has 10 nitrogen and oxygen atoms in total. The molecule has 4 heterocycles. The van der Waals surface area contributed by atoms with E-state index in [9.17, 15) is 23.1 Å². The number of fused-ring (bicyclic) bond motifs is 1. The van der Waals surface area contributed by atoms with Crippen molar-refractivity contribution in [1.82, 2.24) is 29.4 Å². The molecule has 1 aliphatic heterocycles. The zero-order valence-corrected chi connectivity index (χ0v) is 21.0. The van der Waals surface area contributed by atoms with Crippen LogP contribution in [0, 0.1) is 12.8 Å². The molecule has 0 bridgehead atoms. The lowest BCUT2D eigenvalue weighted by Crippen LogP contribution is -2.20. The summed E-state index contributed by atoms with van der Waals surface area (Å²) in [5.74, 6) is 0.509. The van der Waals surface area contributed by atoms with E-state index in [4.69, 9.17) is 4.84 Å². The number of β-amino-alcohol motifs (C(OH)–C–C–N with tert-alkyl or cyclic N) is 1. The Morgan fingerprint density at radius 2 is 2.05 bits per heavy atom. The average Bonchev–Trinajstić information content (AvgIpc) is 3.44. The van der Waals surface area contributed by atoms with Gasteiger partial charge in [-0.05, 0) is 38.0 Å². The Labute approximate surface area is 221 Å². The van der Waals surface area contributed by atoms with Crippen molar-refractivity contribution in [2.45, 2.75) is 45.1 Å². The van der Waals surface area contributed by atoms with Gasteiger partial charge in [-0.1, -0.05) is 0 Å². The molecule has 0 spiro atoms. The van der Waals surface area contributed by atoms with E-state index < -0.39 is 18.8 Å². The van der Waals surface area contributed by atoms with Crippen LogP contribution in [-0.2, 0) is 17.9 Å². The quantitative estimate of drug-likeness (QED) is 0.323. The maximum absolute atomic E-state index is 13.2. The Morgan fingerprint density at radius 3 is 2.77 bits per heavy atom. The fraction of sp³-hybridized carbons (Fsp3) is 0.385. The van der Waals surface area contributed by atoms with E-state index >= 15 is 0 Å². The summed E-state index contributed by atoms with van der Waals surface area (Å²) < 4.78 is 42.2. The van der Waals surface area contributed by atoms with Crippen LogP contribution in [0.25, 0.3) is 16.7 Å². The van der Waals surface area contributed by atoms with E-state index in [1.807, 2.05) is 13.1 Å². The van der Waals surface area contributed by atoms with Crippen molar-refractivity contribution in [3.05, 3.63) is 59.7 Å². The lowest BCUT2D eigenvalue weighted by Gasteiger charge is -2.12. The number of anilines is 2. The van der Waals surface area contributed by atoms with E-state index in [1.165, 1.54) is 6.20 Å². The first kappa shape index (κ1) is 25.5. The molecule has 1 saturated heterocycles. The van der Waals surface area contributed by atoms with Gasteiger partial charge in [0.05, 0.1) is 31.5 Å². The molecule has 1 aliphatic carbocycles. The molecule has 6 rings (SSSR count). The standard InChI is InChI=1S/C26H26F3N7O3/c1-15-17(9-35-11-19(37)13-39-35)10-36(33-15)23-6-7-30-25(32-23)31-18-4-5-22-20(8-18)21(24(38)16-2-3-16)12-34(22)14-26(27,28)29/h4-8,10,12,16,19,37H,2-3,9,11,13-14H2,1H3,(H,30,31,32). The zero-order valence-electron chi connectivity index (χ0n) is 21.0. The Bertz CT molecular complexity index is 1540. The number of aryl methyl sites for hydroxylation is 1. The SMILES string of the molecule is Cc1nn(-c2ccnc(Nc3ccc4c(c3)c(C(=O)C3CC3)cn4CC(F)(F)F)n2)cc1CN1CC(O)CO1. The summed E-state index contributed by atoms with van der Waals surface area (Å²) >= 11 is 0. The van der Waals surface area contributed by atoms with Crippen LogP contribution in [0.2, 0.25) is 0 Å². The van der Waals surface area contributed by atoms with Gasteiger partial charge in [0.1, 0.15) is 6.54 Å². The predicted molar refractivity (Wildman–Crippen MR) is 135 cm³/mol. The van der Waals surface area contributed by atoms with Crippen LogP contribution in [0.3, 0.4) is 0 Å². The number of carbonyl (C=O) groups is 1. The summed E-state index contributed by atoms with van der Waals surface area (Å²) in [4.78, 5) is 27.1. The molecule has 0 amide bonds. The van der Waals surface area contributed by atoms with Crippen LogP contribution < -0.4 is 5.32 Å². The molecule has 1 saturated carbocycles. The maximum Gasteiger partial charge on any atom is 0.406 e. The minimum absolute atomic E-state index is 0.129. The number of halogens is 3. The Hall–Kier alpha value is -3.81. The van der Waals surface area contributed by atoms with Crippen molar-refractivity contribution in [3.63, 3.8) is 0 Å². The molecule has 4 aromatic rings. The van der Waals surface area contributed by atoms with E-state index in [1.54, 1.807) is 40.2 Å². The smallest absolute Gasteiger partial charge is 0.389 e. The van der Waals surface area contributed by atoms with Crippen molar-refractivity contribution in [1.29, 1.82) is 0 Å². The molecule has 2 N–H and O–H groups in total. The van der Waals surface area contributed by atoms with Gasteiger partial charge in [0.25, 0.3) is 0 Å². The highest BCUT2D eigenvalue weighted by Gasteiger charge is 2.34. The lowest BCUT2D eigenvalue weighted by atomic mass is 10.1. The number of Topliss-reactive ketones (excluding diaryl/α,β-unsaturated/α-hetero) is 1. The highest BCUT2D eigenvalue weighted by molar-refractivity contribution is 6.10. The van der Waals surface area contributed by atoms with Crippen LogP contribution in [0.15, 0.2) is 42.9 Å². The van der Waals surface area contributed by atoms with E-state index in [0.717, 1.165) is 28.7 Å². The number of nitrogens with zero attached hydrogens (tertiary/aromatic N) is 6. The van der Waals surface area contributed by atoms with Gasteiger partial charge in [0.15, 0.2) is 11.6 Å². The number of benzene rings is 1. The van der Waals surface area contributed by atoms with Crippen LogP contribution in [0.5, 0.6) is 0 Å². The molecular weight excluding hydrogens is 515 g/mol. The lowest BCUT2D eigenvalue weighted by molar-refractivity contribution is -0.139. The second kappa shape index (κ2) is 9.74. The first-order valence-corrected chi connectivity index (χ1v) is 12.6. The van der Waals surface area contributed by atoms with Gasteiger partial charge in [-0.3, -0.25) is 9.63 Å². The van der Waals surface area contributed by atoms with Gasteiger partial charge < -0.3 is 15.0 Å². The second-order valence-electron chi connectivity index (χ2n) is 9.98. The fourth-order valence-corrected chi connectivity index (χ4v) is 4.73. The van der Waals surface area contributed by atoms with Crippen LogP contribution >= 0.6 is 0 Å². The summed E-state index contributed by atoms with van der Waals surface area (Å²) in [6.45, 7) is 1.86. The van der Waals surface area contributed by atoms with E-state index in [2.05, 4.69) is 20.4 Å². The topological polar surface area (TPSA) is 110 Å². The summed E-state index contributed by atoms with van der Waals surface area (Å²) in [6.07, 6.45) is 1.30. The van der Waals surface area contributed by atoms with Crippen LogP contribution in [0.1, 0.15) is 34.5 Å². The minimum Gasteiger partial charge on any atom is -0.389 e. The zero-order chi connectivity index (χ0) is 27.3. The van der Waals surface area contributed by atoms with Crippen LogP contribution in [0.4, 0.5) is 24.8 Å². The molecule has 13 heteroatoms. The Morgan fingerprint density at radius 1 is 1.23 bits per heavy atom. The monoisotopic (exact) mass is 541 g/mol. The first-order chi connectivity index (χ1) is 18.6. The van der Waals surface area contributed by atoms with Crippen LogP contribution in [-0.4, -0.2) is 65.7 Å². The number of alkyl halides is 3. The number of ketones is 1. The average molecular weight is 542 g/mol. The molecule has 3 aromatic heterocycles. The third kappa shape index (κ3) is 5.51. The number of nitrogens with one attached hydrogen (secondary N) is 1. The summed E-state index contributed by atoms with van der Waals surface area (Å²) in [5.41, 5.74) is 2.87. The summed E-state index contributed by atoms with van der Waals surface area (Å²) in [7, 11) is 0. The van der Waals surface area contributed by atoms with Gasteiger partial charge in [-0.15, -0.1) is 0 Å². The minimum atomic E-state index is -4.41. The third-order valence-electron chi connectivity index (χ3n) is 6.79. The number of hydrogen-bond donors (Lipinski definition) is 2. The van der Waals surface area contributed by atoms with Gasteiger partial charge in [0, 0.05) is 58.3 Å². The molecule has 204 valence electrons. The number of carbonyl (C=O) groups excluding carboxylic acids is 1. The van der Waals surface area contributed by atoms with Gasteiger partial charge in [-0.25, -0.2) is 9.67 Å². The number of hydrogen-bond acceptors (Lipinski definition) is 8. The van der Waals surface area contributed by atoms with Gasteiger partial charge in [-0.2, -0.15) is 28.3 Å². The van der Waals surface area contributed by atoms with Crippen molar-refractivity contribution >= 4 is 28.3 Å². The number of hydroxylamine groups is 2. The maximum atomic E-state index is 13.2. The molecule has 2 fully saturated rings. The number of rotatable bonds is 8. The normalized spacial score (nSPS) is 18.2. The highest BCUT2D eigenvalue weighted by atomic mass is 19.4. The van der Waals surface area contributed by atoms with Gasteiger partial charge in [0.2, 0.25) is 5.95 Å². The molecule has 39 heavy (non-hydrogen) atoms. The van der Waals surface area contributed by atoms with Crippen molar-refractivity contribution in [3.8, 4) is 5.82 Å². The van der Waals surface area contributed by atoms with Crippen molar-refractivity contribution in [2.24, 2.45) is 5.92 Å². The summed E-state index contributed by atoms with van der Waals surface area (Å²) in [6, 6.07) is 6.56. The van der Waals surface area contributed by atoms with E-state index in [0.29, 0.717) is 41.1 Å². The Balaban J connectivity index is 1.26. The molecule has 2 aliphatic rings.